The number of unbranched alkanes of at least 4 members (excludes halogenated alkanes) is 1. The highest BCUT2D eigenvalue weighted by Crippen LogP contribution is 2.28. The summed E-state index contributed by atoms with van der Waals surface area (Å²) in [6.07, 6.45) is 2.64. The van der Waals surface area contributed by atoms with Crippen LogP contribution in [0.1, 0.15) is 49.9 Å². The smallest absolute Gasteiger partial charge is 0.269 e. The molecule has 0 heterocycles. The first-order valence-electron chi connectivity index (χ1n) is 10.8. The van der Waals surface area contributed by atoms with Crippen LogP contribution < -0.4 is 29.8 Å². The lowest BCUT2D eigenvalue weighted by atomic mass is 10.2. The van der Waals surface area contributed by atoms with Crippen molar-refractivity contribution in [3.63, 3.8) is 0 Å². The number of carbonyl (C=O) groups excluding carboxylic acids is 2. The number of methoxy groups -OCH3 is 1. The molecule has 8 nitrogen and oxygen atoms in total. The van der Waals surface area contributed by atoms with Crippen molar-refractivity contribution in [3.05, 3.63) is 48.0 Å². The Morgan fingerprint density at radius 1 is 0.812 bits per heavy atom. The number of amides is 2. The van der Waals surface area contributed by atoms with Crippen molar-refractivity contribution in [2.45, 2.75) is 39.5 Å². The zero-order chi connectivity index (χ0) is 23.2. The molecule has 2 aromatic carbocycles. The third-order valence-electron chi connectivity index (χ3n) is 4.45. The molecule has 0 unspecified atom stereocenters. The van der Waals surface area contributed by atoms with E-state index in [2.05, 4.69) is 17.8 Å². The van der Waals surface area contributed by atoms with E-state index in [-0.39, 0.29) is 12.3 Å². The maximum atomic E-state index is 12.3. The van der Waals surface area contributed by atoms with E-state index in [1.165, 1.54) is 7.11 Å². The number of rotatable bonds is 13. The minimum Gasteiger partial charge on any atom is -0.493 e. The second-order valence-corrected chi connectivity index (χ2v) is 6.90. The molecule has 8 heteroatoms. The SMILES string of the molecule is CCCCOc1ccc(C(=O)NNC(=O)CCCOc2ccccc2OCC)cc1OC. The quantitative estimate of drug-likeness (QED) is 0.360. The molecule has 0 spiro atoms. The van der Waals surface area contributed by atoms with E-state index in [0.29, 0.717) is 54.8 Å². The molecule has 0 saturated carbocycles. The summed E-state index contributed by atoms with van der Waals surface area (Å²) in [5.74, 6) is 1.59. The molecular weight excluding hydrogens is 412 g/mol. The summed E-state index contributed by atoms with van der Waals surface area (Å²) in [6, 6.07) is 12.3. The zero-order valence-corrected chi connectivity index (χ0v) is 18.9. The standard InChI is InChI=1S/C24H32N2O6/c1-4-6-15-31-21-14-13-18(17-22(21)29-3)24(28)26-25-23(27)12-9-16-32-20-11-8-7-10-19(20)30-5-2/h7-8,10-11,13-14,17H,4-6,9,12,15-16H2,1-3H3,(H,25,27)(H,26,28). The number of carbonyl (C=O) groups is 2. The van der Waals surface area contributed by atoms with Crippen LogP contribution in [0.25, 0.3) is 0 Å². The van der Waals surface area contributed by atoms with Gasteiger partial charge in [-0.2, -0.15) is 0 Å². The van der Waals surface area contributed by atoms with Gasteiger partial charge in [0.25, 0.3) is 5.91 Å². The maximum absolute atomic E-state index is 12.3. The molecule has 2 N–H and O–H groups in total. The molecule has 0 radical (unpaired) electrons. The van der Waals surface area contributed by atoms with E-state index in [0.717, 1.165) is 12.8 Å². The highest BCUT2D eigenvalue weighted by atomic mass is 16.5. The molecule has 0 atom stereocenters. The fraction of sp³-hybridized carbons (Fsp3) is 0.417. The fourth-order valence-electron chi connectivity index (χ4n) is 2.77. The van der Waals surface area contributed by atoms with Crippen molar-refractivity contribution in [2.75, 3.05) is 26.9 Å². The Morgan fingerprint density at radius 3 is 2.12 bits per heavy atom. The Morgan fingerprint density at radius 2 is 1.47 bits per heavy atom. The third-order valence-corrected chi connectivity index (χ3v) is 4.45. The van der Waals surface area contributed by atoms with Crippen LogP contribution >= 0.6 is 0 Å². The van der Waals surface area contributed by atoms with Crippen molar-refractivity contribution in [1.82, 2.24) is 10.9 Å². The molecule has 174 valence electrons. The number of hydrogen-bond acceptors (Lipinski definition) is 6. The van der Waals surface area contributed by atoms with Gasteiger partial charge in [0.05, 0.1) is 26.9 Å². The molecule has 0 aliphatic carbocycles. The van der Waals surface area contributed by atoms with Crippen LogP contribution in [0.4, 0.5) is 0 Å². The maximum Gasteiger partial charge on any atom is 0.269 e. The lowest BCUT2D eigenvalue weighted by Crippen LogP contribution is -2.41. The van der Waals surface area contributed by atoms with Gasteiger partial charge in [-0.1, -0.05) is 25.5 Å². The van der Waals surface area contributed by atoms with E-state index >= 15 is 0 Å². The van der Waals surface area contributed by atoms with Gasteiger partial charge in [0, 0.05) is 12.0 Å². The van der Waals surface area contributed by atoms with Crippen LogP contribution in [-0.2, 0) is 4.79 Å². The van der Waals surface area contributed by atoms with Gasteiger partial charge >= 0.3 is 0 Å². The number of hydrogen-bond donors (Lipinski definition) is 2. The summed E-state index contributed by atoms with van der Waals surface area (Å²) in [6.45, 7) is 5.46. The predicted octanol–water partition coefficient (Wildman–Crippen LogP) is 3.89. The summed E-state index contributed by atoms with van der Waals surface area (Å²) >= 11 is 0. The largest absolute Gasteiger partial charge is 0.493 e. The number of para-hydroxylation sites is 2. The van der Waals surface area contributed by atoms with Gasteiger partial charge in [0.15, 0.2) is 23.0 Å². The van der Waals surface area contributed by atoms with Crippen LogP contribution in [0, 0.1) is 0 Å². The number of ether oxygens (including phenoxy) is 4. The second kappa shape index (κ2) is 13.8. The van der Waals surface area contributed by atoms with Gasteiger partial charge in [-0.25, -0.2) is 0 Å². The lowest BCUT2D eigenvalue weighted by molar-refractivity contribution is -0.122. The molecule has 0 aromatic heterocycles. The lowest BCUT2D eigenvalue weighted by Gasteiger charge is -2.13. The van der Waals surface area contributed by atoms with Gasteiger partial charge in [-0.3, -0.25) is 20.4 Å². The topological polar surface area (TPSA) is 95.1 Å². The third kappa shape index (κ3) is 8.02. The Balaban J connectivity index is 1.75. The van der Waals surface area contributed by atoms with Gasteiger partial charge in [-0.05, 0) is 50.1 Å². The van der Waals surface area contributed by atoms with Crippen molar-refractivity contribution in [2.24, 2.45) is 0 Å². The second-order valence-electron chi connectivity index (χ2n) is 6.90. The van der Waals surface area contributed by atoms with Gasteiger partial charge in [-0.15, -0.1) is 0 Å². The first-order valence-corrected chi connectivity index (χ1v) is 10.8. The van der Waals surface area contributed by atoms with Crippen molar-refractivity contribution in [1.29, 1.82) is 0 Å². The minimum atomic E-state index is -0.446. The first-order chi connectivity index (χ1) is 15.6. The molecule has 2 amide bonds. The normalized spacial score (nSPS) is 10.2. The van der Waals surface area contributed by atoms with E-state index in [9.17, 15) is 9.59 Å². The van der Waals surface area contributed by atoms with E-state index in [1.807, 2.05) is 31.2 Å². The van der Waals surface area contributed by atoms with Crippen LogP contribution in [0.15, 0.2) is 42.5 Å². The Hall–Kier alpha value is -3.42. The molecule has 32 heavy (non-hydrogen) atoms. The average Bonchev–Trinajstić information content (AvgIpc) is 2.81. The summed E-state index contributed by atoms with van der Waals surface area (Å²) < 4.78 is 22.2. The van der Waals surface area contributed by atoms with Crippen LogP contribution in [0.3, 0.4) is 0 Å². The highest BCUT2D eigenvalue weighted by Gasteiger charge is 2.12. The molecule has 2 aromatic rings. The summed E-state index contributed by atoms with van der Waals surface area (Å²) in [5, 5.41) is 0. The van der Waals surface area contributed by atoms with Crippen LogP contribution in [0.2, 0.25) is 0 Å². The molecular formula is C24H32N2O6. The summed E-state index contributed by atoms with van der Waals surface area (Å²) in [4.78, 5) is 24.4. The van der Waals surface area contributed by atoms with E-state index in [4.69, 9.17) is 18.9 Å². The zero-order valence-electron chi connectivity index (χ0n) is 18.9. The number of nitrogens with one attached hydrogen (secondary N) is 2. The molecule has 0 fully saturated rings. The minimum absolute atomic E-state index is 0.199. The van der Waals surface area contributed by atoms with E-state index < -0.39 is 5.91 Å². The number of hydrazine groups is 1. The highest BCUT2D eigenvalue weighted by molar-refractivity contribution is 5.96. The Kier molecular flexibility index (Phi) is 10.7. The molecule has 0 aliphatic heterocycles. The Bertz CT molecular complexity index is 871. The monoisotopic (exact) mass is 444 g/mol. The predicted molar refractivity (Wildman–Crippen MR) is 121 cm³/mol. The first kappa shape index (κ1) is 24.8. The van der Waals surface area contributed by atoms with Crippen molar-refractivity contribution < 1.29 is 28.5 Å². The molecule has 0 bridgehead atoms. The molecule has 2 rings (SSSR count). The number of benzene rings is 2. The summed E-state index contributed by atoms with van der Waals surface area (Å²) in [7, 11) is 1.51. The van der Waals surface area contributed by atoms with Gasteiger partial charge < -0.3 is 18.9 Å². The van der Waals surface area contributed by atoms with Crippen molar-refractivity contribution >= 4 is 11.8 Å². The van der Waals surface area contributed by atoms with Crippen molar-refractivity contribution in [3.8, 4) is 23.0 Å². The van der Waals surface area contributed by atoms with Crippen LogP contribution in [-0.4, -0.2) is 38.7 Å². The van der Waals surface area contributed by atoms with Crippen LogP contribution in [0.5, 0.6) is 23.0 Å². The molecule has 0 aliphatic rings. The average molecular weight is 445 g/mol. The Labute approximate surface area is 189 Å². The molecule has 0 saturated heterocycles. The summed E-state index contributed by atoms with van der Waals surface area (Å²) in [5.41, 5.74) is 5.17. The van der Waals surface area contributed by atoms with Gasteiger partial charge in [0.1, 0.15) is 0 Å². The fourth-order valence-corrected chi connectivity index (χ4v) is 2.77. The van der Waals surface area contributed by atoms with E-state index in [1.54, 1.807) is 18.2 Å². The van der Waals surface area contributed by atoms with Gasteiger partial charge in [0.2, 0.25) is 5.91 Å².